The van der Waals surface area contributed by atoms with Gasteiger partial charge in [-0.1, -0.05) is 130 Å². The van der Waals surface area contributed by atoms with Crippen molar-refractivity contribution in [3.8, 4) is 0 Å². The summed E-state index contributed by atoms with van der Waals surface area (Å²) < 4.78 is 3.73. The van der Waals surface area contributed by atoms with Gasteiger partial charge in [0.05, 0.1) is 81.1 Å². The SMILES string of the molecule is CCCCCCCCCCCC[N+](C)(C)CCC[N+](C)(CCCC)CCC[N+](C)(C)CCCCCCCCCCCC. The third-order valence-electron chi connectivity index (χ3n) is 10.2. The Balaban J connectivity index is 4.16. The van der Waals surface area contributed by atoms with Crippen molar-refractivity contribution in [3.05, 3.63) is 0 Å². The third-order valence-corrected chi connectivity index (χ3v) is 10.2. The first-order valence-corrected chi connectivity index (χ1v) is 19.6. The molecule has 3 nitrogen and oxygen atoms in total. The van der Waals surface area contributed by atoms with Crippen molar-refractivity contribution in [3.63, 3.8) is 0 Å². The molecule has 0 saturated heterocycles. The Bertz CT molecular complexity index is 514. The molecule has 0 spiro atoms. The lowest BCUT2D eigenvalue weighted by Gasteiger charge is -2.38. The summed E-state index contributed by atoms with van der Waals surface area (Å²) in [6.45, 7) is 16.5. The Kier molecular flexibility index (Phi) is 27.1. The number of rotatable bonds is 33. The van der Waals surface area contributed by atoms with Crippen LogP contribution in [0.5, 0.6) is 0 Å². The molecule has 0 unspecified atom stereocenters. The van der Waals surface area contributed by atoms with Crippen LogP contribution in [0.25, 0.3) is 0 Å². The Hall–Kier alpha value is -0.120. The van der Waals surface area contributed by atoms with E-state index in [0.717, 1.165) is 0 Å². The van der Waals surface area contributed by atoms with Crippen LogP contribution >= 0.6 is 0 Å². The number of unbranched alkanes of at least 4 members (excludes halogenated alkanes) is 19. The molecule has 254 valence electrons. The van der Waals surface area contributed by atoms with Crippen LogP contribution in [0.4, 0.5) is 0 Å². The molecule has 3 heteroatoms. The Morgan fingerprint density at radius 1 is 0.238 bits per heavy atom. The largest absolute Gasteiger partial charge is 0.328 e. The van der Waals surface area contributed by atoms with Crippen LogP contribution in [0.2, 0.25) is 0 Å². The lowest BCUT2D eigenvalue weighted by molar-refractivity contribution is -0.928. The molecule has 0 aliphatic rings. The molecule has 0 heterocycles. The molecule has 0 rings (SSSR count). The summed E-state index contributed by atoms with van der Waals surface area (Å²) in [5.41, 5.74) is 0. The molecule has 0 aliphatic heterocycles. The van der Waals surface area contributed by atoms with Crippen LogP contribution in [0.15, 0.2) is 0 Å². The third kappa shape index (κ3) is 27.4. The van der Waals surface area contributed by atoms with E-state index in [1.54, 1.807) is 0 Å². The highest BCUT2D eigenvalue weighted by Crippen LogP contribution is 2.16. The first kappa shape index (κ1) is 41.9. The van der Waals surface area contributed by atoms with Gasteiger partial charge >= 0.3 is 0 Å². The average Bonchev–Trinajstić information content (AvgIpc) is 2.93. The Morgan fingerprint density at radius 2 is 0.476 bits per heavy atom. The van der Waals surface area contributed by atoms with Crippen molar-refractivity contribution < 1.29 is 13.4 Å². The first-order chi connectivity index (χ1) is 20.1. The zero-order chi connectivity index (χ0) is 31.4. The van der Waals surface area contributed by atoms with Gasteiger partial charge in [0.15, 0.2) is 0 Å². The van der Waals surface area contributed by atoms with Crippen LogP contribution in [-0.4, -0.2) is 94.5 Å². The lowest BCUT2D eigenvalue weighted by Crippen LogP contribution is -2.50. The number of hydrogen-bond donors (Lipinski definition) is 0. The van der Waals surface area contributed by atoms with Crippen molar-refractivity contribution in [1.29, 1.82) is 0 Å². The fraction of sp³-hybridized carbons (Fsp3) is 1.00. The van der Waals surface area contributed by atoms with E-state index < -0.39 is 0 Å². The van der Waals surface area contributed by atoms with Gasteiger partial charge in [-0.2, -0.15) is 0 Å². The minimum atomic E-state index is 1.22. The van der Waals surface area contributed by atoms with Gasteiger partial charge in [0.2, 0.25) is 0 Å². The molecule has 42 heavy (non-hydrogen) atoms. The number of nitrogens with zero attached hydrogens (tertiary/aromatic N) is 3. The number of hydrogen-bond acceptors (Lipinski definition) is 0. The van der Waals surface area contributed by atoms with E-state index in [2.05, 4.69) is 56.0 Å². The van der Waals surface area contributed by atoms with Crippen LogP contribution in [0.1, 0.15) is 175 Å². The Morgan fingerprint density at radius 3 is 0.786 bits per heavy atom. The fourth-order valence-corrected chi connectivity index (χ4v) is 6.91. The minimum Gasteiger partial charge on any atom is -0.328 e. The van der Waals surface area contributed by atoms with Gasteiger partial charge in [0, 0.05) is 12.8 Å². The summed E-state index contributed by atoms with van der Waals surface area (Å²) in [5.74, 6) is 0. The van der Waals surface area contributed by atoms with Gasteiger partial charge in [0.25, 0.3) is 0 Å². The highest BCUT2D eigenvalue weighted by Gasteiger charge is 2.25. The van der Waals surface area contributed by atoms with Gasteiger partial charge < -0.3 is 13.4 Å². The van der Waals surface area contributed by atoms with Crippen LogP contribution in [0.3, 0.4) is 0 Å². The van der Waals surface area contributed by atoms with E-state index in [9.17, 15) is 0 Å². The molecule has 0 N–H and O–H groups in total. The maximum Gasteiger partial charge on any atom is 0.0839 e. The monoisotopic (exact) mass is 597 g/mol. The topological polar surface area (TPSA) is 0 Å². The second kappa shape index (κ2) is 27.2. The van der Waals surface area contributed by atoms with E-state index >= 15 is 0 Å². The van der Waals surface area contributed by atoms with Gasteiger partial charge in [-0.3, -0.25) is 0 Å². The van der Waals surface area contributed by atoms with Crippen LogP contribution in [0, 0.1) is 0 Å². The van der Waals surface area contributed by atoms with Crippen molar-refractivity contribution in [2.24, 2.45) is 0 Å². The van der Waals surface area contributed by atoms with E-state index in [0.29, 0.717) is 0 Å². The smallest absolute Gasteiger partial charge is 0.0839 e. The molecule has 0 atom stereocenters. The summed E-state index contributed by atoms with van der Waals surface area (Å²) in [4.78, 5) is 0. The second-order valence-electron chi connectivity index (χ2n) is 16.0. The van der Waals surface area contributed by atoms with E-state index in [1.807, 2.05) is 0 Å². The van der Waals surface area contributed by atoms with E-state index in [1.165, 1.54) is 213 Å². The van der Waals surface area contributed by atoms with Gasteiger partial charge in [0.1, 0.15) is 0 Å². The summed E-state index contributed by atoms with van der Waals surface area (Å²) in [7, 11) is 12.5. The summed E-state index contributed by atoms with van der Waals surface area (Å²) >= 11 is 0. The predicted octanol–water partition coefficient (Wildman–Crippen LogP) is 11.0. The van der Waals surface area contributed by atoms with Gasteiger partial charge in [-0.15, -0.1) is 0 Å². The average molecular weight is 597 g/mol. The molecule has 0 aromatic rings. The summed E-state index contributed by atoms with van der Waals surface area (Å²) in [6, 6.07) is 0. The molecule has 0 aliphatic carbocycles. The number of quaternary nitrogens is 3. The minimum absolute atomic E-state index is 1.22. The molecule has 0 saturated carbocycles. The molecule has 0 aromatic carbocycles. The van der Waals surface area contributed by atoms with Crippen LogP contribution in [-0.2, 0) is 0 Å². The van der Waals surface area contributed by atoms with E-state index in [-0.39, 0.29) is 0 Å². The predicted molar refractivity (Wildman–Crippen MR) is 192 cm³/mol. The van der Waals surface area contributed by atoms with Crippen molar-refractivity contribution >= 4 is 0 Å². The summed E-state index contributed by atoms with van der Waals surface area (Å²) in [6.07, 6.45) is 34.3. The summed E-state index contributed by atoms with van der Waals surface area (Å²) in [5, 5.41) is 0. The molecule has 0 bridgehead atoms. The maximum atomic E-state index is 2.57. The quantitative estimate of drug-likeness (QED) is 0.0522. The Labute approximate surface area is 269 Å². The molecule has 0 radical (unpaired) electrons. The van der Waals surface area contributed by atoms with Crippen molar-refractivity contribution in [2.75, 3.05) is 81.1 Å². The molecular weight excluding hydrogens is 510 g/mol. The van der Waals surface area contributed by atoms with Crippen molar-refractivity contribution in [2.45, 2.75) is 175 Å². The highest BCUT2D eigenvalue weighted by atomic mass is 15.4. The second-order valence-corrected chi connectivity index (χ2v) is 16.0. The molecule has 0 amide bonds. The molecular formula is C39H86N3+3. The fourth-order valence-electron chi connectivity index (χ4n) is 6.91. The zero-order valence-corrected chi connectivity index (χ0v) is 31.3. The van der Waals surface area contributed by atoms with E-state index in [4.69, 9.17) is 0 Å². The van der Waals surface area contributed by atoms with Crippen molar-refractivity contribution in [1.82, 2.24) is 0 Å². The first-order valence-electron chi connectivity index (χ1n) is 19.6. The highest BCUT2D eigenvalue weighted by molar-refractivity contribution is 4.51. The van der Waals surface area contributed by atoms with Gasteiger partial charge in [-0.25, -0.2) is 0 Å². The molecule has 0 fully saturated rings. The molecule has 0 aromatic heterocycles. The zero-order valence-electron chi connectivity index (χ0n) is 31.3. The standard InChI is InChI=1S/C39H86N3/c1-9-12-15-17-19-21-23-25-27-29-33-40(4,5)35-31-38-42(8,37-14-11-3)39-32-36-41(6,7)34-30-28-26-24-22-20-18-16-13-10-2/h9-39H2,1-8H3/q+3. The van der Waals surface area contributed by atoms with Gasteiger partial charge in [-0.05, 0) is 32.1 Å². The maximum absolute atomic E-state index is 2.57. The van der Waals surface area contributed by atoms with Crippen LogP contribution < -0.4 is 0 Å². The normalized spacial score (nSPS) is 12.9. The lowest BCUT2D eigenvalue weighted by atomic mass is 10.1.